The summed E-state index contributed by atoms with van der Waals surface area (Å²) in [6.07, 6.45) is 4.86. The van der Waals surface area contributed by atoms with E-state index in [-0.39, 0.29) is 21.6 Å². The fraction of sp³-hybridized carbons (Fsp3) is 0.458. The highest BCUT2D eigenvalue weighted by Crippen LogP contribution is 2.28. The van der Waals surface area contributed by atoms with E-state index in [9.17, 15) is 13.6 Å². The Kier molecular flexibility index (Phi) is 9.00. The number of alkyl halides is 2. The molecule has 0 atom stereocenters. The average molecular weight is 476 g/mol. The first-order valence-corrected chi connectivity index (χ1v) is 11.5. The minimum atomic E-state index is -2.37. The quantitative estimate of drug-likeness (QED) is 0.451. The minimum absolute atomic E-state index is 0. The van der Waals surface area contributed by atoms with Crippen LogP contribution in [0.2, 0.25) is 0 Å². The molecular formula is C24H35F2N7O. The molecule has 0 aromatic carbocycles. The standard InChI is InChI=1S/C19H22F2N6.C5H9NO.2H2/c1-4-12(2)24-15-6-5-14(25-16(15)7-8-18(20)21)13-9-10-27-17(13)11-23-19(22-3)26-27;7-5-3-1-2-4-6-5;;/h5-6,9-11,18H,4,7-8H2,1-3H3,(H,22,26);1-4H2,(H,6,7);2*1H. The fourth-order valence-corrected chi connectivity index (χ4v) is 3.42. The molecule has 0 aliphatic carbocycles. The number of hydrogen-bond donors (Lipinski definition) is 2. The molecule has 3 aromatic rings. The number of carbonyl (C=O) groups is 1. The van der Waals surface area contributed by atoms with Crippen molar-refractivity contribution >= 4 is 28.8 Å². The molecule has 3 aromatic heterocycles. The maximum atomic E-state index is 12.7. The highest BCUT2D eigenvalue weighted by Gasteiger charge is 2.14. The van der Waals surface area contributed by atoms with Gasteiger partial charge in [0, 0.05) is 46.8 Å². The summed E-state index contributed by atoms with van der Waals surface area (Å²) < 4.78 is 27.2. The number of piperidine rings is 1. The Morgan fingerprint density at radius 3 is 2.76 bits per heavy atom. The molecule has 0 spiro atoms. The van der Waals surface area contributed by atoms with Crippen LogP contribution < -0.4 is 10.6 Å². The van der Waals surface area contributed by atoms with Gasteiger partial charge >= 0.3 is 0 Å². The first kappa shape index (κ1) is 25.2. The highest BCUT2D eigenvalue weighted by molar-refractivity contribution is 5.85. The van der Waals surface area contributed by atoms with Crippen molar-refractivity contribution in [3.63, 3.8) is 0 Å². The molecule has 10 heteroatoms. The lowest BCUT2D eigenvalue weighted by molar-refractivity contribution is -0.122. The molecule has 0 unspecified atom stereocenters. The van der Waals surface area contributed by atoms with E-state index in [1.54, 1.807) is 17.8 Å². The van der Waals surface area contributed by atoms with Gasteiger partial charge in [0.15, 0.2) is 0 Å². The number of nitrogens with one attached hydrogen (secondary N) is 2. The predicted molar refractivity (Wildman–Crippen MR) is 134 cm³/mol. The van der Waals surface area contributed by atoms with Gasteiger partial charge in [-0.05, 0) is 50.8 Å². The molecule has 0 saturated carbocycles. The summed E-state index contributed by atoms with van der Waals surface area (Å²) in [6, 6.07) is 5.59. The molecule has 0 radical (unpaired) electrons. The van der Waals surface area contributed by atoms with Crippen LogP contribution >= 0.6 is 0 Å². The maximum absolute atomic E-state index is 12.7. The molecule has 0 bridgehead atoms. The number of nitrogens with zero attached hydrogens (tertiary/aromatic N) is 5. The van der Waals surface area contributed by atoms with Gasteiger partial charge in [-0.15, -0.1) is 5.10 Å². The lowest BCUT2D eigenvalue weighted by Crippen LogP contribution is -2.28. The van der Waals surface area contributed by atoms with E-state index >= 15 is 0 Å². The van der Waals surface area contributed by atoms with Gasteiger partial charge in [0.2, 0.25) is 18.3 Å². The molecule has 1 fully saturated rings. The average Bonchev–Trinajstić information content (AvgIpc) is 3.27. The van der Waals surface area contributed by atoms with Crippen molar-refractivity contribution in [2.24, 2.45) is 4.99 Å². The summed E-state index contributed by atoms with van der Waals surface area (Å²) >= 11 is 0. The second kappa shape index (κ2) is 12.2. The number of halogens is 2. The Hall–Kier alpha value is -3.43. The molecule has 4 rings (SSSR count). The Morgan fingerprint density at radius 1 is 1.32 bits per heavy atom. The molecule has 1 saturated heterocycles. The topological polar surface area (TPSA) is 96.6 Å². The van der Waals surface area contributed by atoms with Gasteiger partial charge in [-0.3, -0.25) is 14.8 Å². The van der Waals surface area contributed by atoms with Gasteiger partial charge in [0.25, 0.3) is 0 Å². The van der Waals surface area contributed by atoms with Crippen molar-refractivity contribution in [2.45, 2.75) is 58.8 Å². The van der Waals surface area contributed by atoms with E-state index in [0.717, 1.165) is 49.0 Å². The molecule has 1 aliphatic rings. The fourth-order valence-electron chi connectivity index (χ4n) is 3.42. The lowest BCUT2D eigenvalue weighted by Gasteiger charge is -2.09. The smallest absolute Gasteiger partial charge is 0.240 e. The van der Waals surface area contributed by atoms with Crippen molar-refractivity contribution in [3.05, 3.63) is 36.3 Å². The van der Waals surface area contributed by atoms with Crippen LogP contribution in [0.25, 0.3) is 16.8 Å². The second-order valence-corrected chi connectivity index (χ2v) is 7.99. The molecule has 2 N–H and O–H groups in total. The van der Waals surface area contributed by atoms with E-state index in [1.165, 1.54) is 0 Å². The third-order valence-corrected chi connectivity index (χ3v) is 5.44. The van der Waals surface area contributed by atoms with Gasteiger partial charge in [-0.2, -0.15) is 0 Å². The molecule has 34 heavy (non-hydrogen) atoms. The van der Waals surface area contributed by atoms with Gasteiger partial charge in [-0.1, -0.05) is 6.92 Å². The van der Waals surface area contributed by atoms with Crippen LogP contribution in [0, 0.1) is 0 Å². The van der Waals surface area contributed by atoms with Crippen molar-refractivity contribution in [1.29, 1.82) is 0 Å². The number of anilines is 1. The largest absolute Gasteiger partial charge is 0.356 e. The molecular weight excluding hydrogens is 440 g/mol. The number of carbonyl (C=O) groups excluding carboxylic acids is 1. The molecule has 4 heterocycles. The van der Waals surface area contributed by atoms with Gasteiger partial charge < -0.3 is 10.6 Å². The summed E-state index contributed by atoms with van der Waals surface area (Å²) in [5.74, 6) is 0.723. The first-order valence-electron chi connectivity index (χ1n) is 11.5. The van der Waals surface area contributed by atoms with Crippen LogP contribution in [-0.4, -0.2) is 51.2 Å². The highest BCUT2D eigenvalue weighted by atomic mass is 19.3. The Morgan fingerprint density at radius 2 is 2.15 bits per heavy atom. The monoisotopic (exact) mass is 475 g/mol. The Labute approximate surface area is 200 Å². The molecule has 1 aliphatic heterocycles. The molecule has 186 valence electrons. The van der Waals surface area contributed by atoms with E-state index in [2.05, 4.69) is 30.7 Å². The molecule has 8 nitrogen and oxygen atoms in total. The summed E-state index contributed by atoms with van der Waals surface area (Å²) in [5, 5.41) is 9.97. The Balaban J connectivity index is 0.000000623. The SMILES string of the molecule is CCC(C)=Nc1ccc(-c2ccn3nc(NC)ncc23)nc1CCC(F)F.O=C1CCCCN1.[HH].[HH]. The van der Waals surface area contributed by atoms with Crippen molar-refractivity contribution < 1.29 is 16.4 Å². The van der Waals surface area contributed by atoms with Crippen LogP contribution in [0.1, 0.15) is 54.5 Å². The van der Waals surface area contributed by atoms with Gasteiger partial charge in [-0.25, -0.2) is 18.3 Å². The van der Waals surface area contributed by atoms with Crippen LogP contribution in [0.3, 0.4) is 0 Å². The number of fused-ring (bicyclic) bond motifs is 1. The first-order chi connectivity index (χ1) is 16.4. The van der Waals surface area contributed by atoms with E-state index in [0.29, 0.717) is 23.0 Å². The zero-order chi connectivity index (χ0) is 24.5. The third-order valence-electron chi connectivity index (χ3n) is 5.44. The number of aryl methyl sites for hydroxylation is 1. The van der Waals surface area contributed by atoms with Crippen LogP contribution in [0.5, 0.6) is 0 Å². The molecule has 1 amide bonds. The summed E-state index contributed by atoms with van der Waals surface area (Å²) in [7, 11) is 1.75. The summed E-state index contributed by atoms with van der Waals surface area (Å²) in [6.45, 7) is 4.81. The second-order valence-electron chi connectivity index (χ2n) is 7.99. The van der Waals surface area contributed by atoms with E-state index in [1.807, 2.05) is 38.2 Å². The number of amides is 1. The van der Waals surface area contributed by atoms with Crippen LogP contribution in [0.15, 0.2) is 35.6 Å². The number of pyridine rings is 1. The number of aromatic nitrogens is 4. The van der Waals surface area contributed by atoms with Gasteiger partial charge in [0.05, 0.1) is 28.8 Å². The minimum Gasteiger partial charge on any atom is -0.356 e. The van der Waals surface area contributed by atoms with Crippen molar-refractivity contribution in [2.75, 3.05) is 18.9 Å². The van der Waals surface area contributed by atoms with Gasteiger partial charge in [0.1, 0.15) is 0 Å². The number of aliphatic imine (C=N–C) groups is 1. The lowest BCUT2D eigenvalue weighted by atomic mass is 10.1. The predicted octanol–water partition coefficient (Wildman–Crippen LogP) is 5.31. The normalized spacial score (nSPS) is 14.1. The van der Waals surface area contributed by atoms with E-state index in [4.69, 9.17) is 0 Å². The maximum Gasteiger partial charge on any atom is 0.240 e. The van der Waals surface area contributed by atoms with Crippen molar-refractivity contribution in [3.8, 4) is 11.3 Å². The Bertz CT molecular complexity index is 1150. The van der Waals surface area contributed by atoms with Crippen molar-refractivity contribution in [1.82, 2.24) is 24.9 Å². The van der Waals surface area contributed by atoms with Crippen LogP contribution in [-0.2, 0) is 11.2 Å². The number of hydrogen-bond acceptors (Lipinski definition) is 6. The summed E-state index contributed by atoms with van der Waals surface area (Å²) in [4.78, 5) is 23.8. The number of rotatable bonds is 7. The zero-order valence-electron chi connectivity index (χ0n) is 19.8. The van der Waals surface area contributed by atoms with Crippen LogP contribution in [0.4, 0.5) is 20.4 Å². The van der Waals surface area contributed by atoms with E-state index < -0.39 is 6.43 Å². The zero-order valence-corrected chi connectivity index (χ0v) is 19.8. The third kappa shape index (κ3) is 6.79. The summed E-state index contributed by atoms with van der Waals surface area (Å²) in [5.41, 5.74) is 4.49.